The summed E-state index contributed by atoms with van der Waals surface area (Å²) >= 11 is 0. The predicted molar refractivity (Wildman–Crippen MR) is 94.2 cm³/mol. The third-order valence-electron chi connectivity index (χ3n) is 5.17. The Hall–Kier alpha value is -1.17. The summed E-state index contributed by atoms with van der Waals surface area (Å²) in [4.78, 5) is 13.5. The molecule has 2 fully saturated rings. The van der Waals surface area contributed by atoms with Gasteiger partial charge in [0.15, 0.2) is 0 Å². The summed E-state index contributed by atoms with van der Waals surface area (Å²) in [6, 6.07) is 5.76. The zero-order valence-electron chi connectivity index (χ0n) is 13.9. The predicted octanol–water partition coefficient (Wildman–Crippen LogP) is 3.33. The molecule has 0 aliphatic carbocycles. The van der Waals surface area contributed by atoms with Gasteiger partial charge in [-0.15, -0.1) is 12.4 Å². The lowest BCUT2D eigenvalue weighted by atomic mass is 9.86. The summed E-state index contributed by atoms with van der Waals surface area (Å²) in [5.41, 5.74) is 2.60. The molecule has 1 aromatic rings. The second-order valence-corrected chi connectivity index (χ2v) is 7.19. The molecule has 0 aromatic heterocycles. The number of likely N-dealkylation sites (tertiary alicyclic amines) is 1. The SMILES string of the molecule is CC(C)c1ccc(CN2CCC3(CCNC3)C2)cc1[N+](=O)[O-].Cl. The van der Waals surface area contributed by atoms with E-state index in [1.807, 2.05) is 19.9 Å². The number of nitrogens with one attached hydrogen (secondary N) is 1. The summed E-state index contributed by atoms with van der Waals surface area (Å²) in [5, 5.41) is 14.8. The van der Waals surface area contributed by atoms with Crippen molar-refractivity contribution in [1.82, 2.24) is 10.2 Å². The van der Waals surface area contributed by atoms with Gasteiger partial charge in [0, 0.05) is 31.3 Å². The molecule has 2 aliphatic rings. The Bertz CT molecular complexity index is 571. The first-order chi connectivity index (χ1) is 10.5. The fourth-order valence-corrected chi connectivity index (χ4v) is 3.90. The van der Waals surface area contributed by atoms with Gasteiger partial charge in [0.1, 0.15) is 0 Å². The molecule has 6 heteroatoms. The van der Waals surface area contributed by atoms with Crippen LogP contribution in [0.4, 0.5) is 5.69 Å². The molecule has 1 N–H and O–H groups in total. The maximum absolute atomic E-state index is 11.3. The lowest BCUT2D eigenvalue weighted by Crippen LogP contribution is -2.28. The normalized spacial score (nSPS) is 24.3. The molecule has 3 rings (SSSR count). The summed E-state index contributed by atoms with van der Waals surface area (Å²) in [5.74, 6) is 0.175. The number of halogens is 1. The molecule has 1 aromatic carbocycles. The van der Waals surface area contributed by atoms with Crippen molar-refractivity contribution in [2.24, 2.45) is 5.41 Å². The highest BCUT2D eigenvalue weighted by atomic mass is 35.5. The molecule has 0 bridgehead atoms. The Balaban J connectivity index is 0.00000192. The zero-order valence-corrected chi connectivity index (χ0v) is 14.7. The molecule has 5 nitrogen and oxygen atoms in total. The van der Waals surface area contributed by atoms with Crippen molar-refractivity contribution in [2.45, 2.75) is 39.2 Å². The Labute approximate surface area is 144 Å². The van der Waals surface area contributed by atoms with E-state index in [-0.39, 0.29) is 28.9 Å². The number of benzene rings is 1. The summed E-state index contributed by atoms with van der Waals surface area (Å²) in [6.45, 7) is 9.28. The average Bonchev–Trinajstić information content (AvgIpc) is 3.09. The fraction of sp³-hybridized carbons (Fsp3) is 0.647. The number of nitrogens with zero attached hydrogens (tertiary/aromatic N) is 2. The lowest BCUT2D eigenvalue weighted by Gasteiger charge is -2.23. The first-order valence-corrected chi connectivity index (χ1v) is 8.19. The molecule has 2 heterocycles. The van der Waals surface area contributed by atoms with Crippen LogP contribution in [0.2, 0.25) is 0 Å². The minimum absolute atomic E-state index is 0. The van der Waals surface area contributed by atoms with Crippen molar-refractivity contribution in [3.63, 3.8) is 0 Å². The van der Waals surface area contributed by atoms with Crippen LogP contribution in [0.1, 0.15) is 43.7 Å². The lowest BCUT2D eigenvalue weighted by molar-refractivity contribution is -0.385. The maximum atomic E-state index is 11.3. The molecule has 23 heavy (non-hydrogen) atoms. The largest absolute Gasteiger partial charge is 0.316 e. The van der Waals surface area contributed by atoms with Crippen molar-refractivity contribution >= 4 is 18.1 Å². The molecule has 1 atom stereocenters. The molecular weight excluding hydrogens is 314 g/mol. The smallest absolute Gasteiger partial charge is 0.273 e. The minimum atomic E-state index is -0.245. The third-order valence-corrected chi connectivity index (χ3v) is 5.17. The number of nitro benzene ring substituents is 1. The van der Waals surface area contributed by atoms with Crippen LogP contribution in [-0.2, 0) is 6.54 Å². The van der Waals surface area contributed by atoms with E-state index in [1.165, 1.54) is 12.8 Å². The van der Waals surface area contributed by atoms with E-state index < -0.39 is 0 Å². The van der Waals surface area contributed by atoms with E-state index >= 15 is 0 Å². The second kappa shape index (κ2) is 7.16. The van der Waals surface area contributed by atoms with Crippen molar-refractivity contribution < 1.29 is 4.92 Å². The van der Waals surface area contributed by atoms with Crippen molar-refractivity contribution in [3.05, 3.63) is 39.4 Å². The Kier molecular flexibility index (Phi) is 5.65. The highest BCUT2D eigenvalue weighted by Crippen LogP contribution is 2.37. The van der Waals surface area contributed by atoms with Gasteiger partial charge < -0.3 is 5.32 Å². The fourth-order valence-electron chi connectivity index (χ4n) is 3.90. The van der Waals surface area contributed by atoms with Gasteiger partial charge in [-0.05, 0) is 42.8 Å². The van der Waals surface area contributed by atoms with E-state index in [0.29, 0.717) is 5.41 Å². The molecule has 2 aliphatic heterocycles. The van der Waals surface area contributed by atoms with Crippen molar-refractivity contribution in [2.75, 3.05) is 26.2 Å². The van der Waals surface area contributed by atoms with Crippen LogP contribution in [0.5, 0.6) is 0 Å². The van der Waals surface area contributed by atoms with Crippen LogP contribution in [0.25, 0.3) is 0 Å². The molecule has 0 saturated carbocycles. The second-order valence-electron chi connectivity index (χ2n) is 7.19. The number of rotatable bonds is 4. The molecule has 128 valence electrons. The van der Waals surface area contributed by atoms with Crippen LogP contribution in [0.15, 0.2) is 18.2 Å². The third kappa shape index (κ3) is 3.84. The summed E-state index contributed by atoms with van der Waals surface area (Å²) in [6.07, 6.45) is 2.50. The summed E-state index contributed by atoms with van der Waals surface area (Å²) in [7, 11) is 0. The first kappa shape index (κ1) is 18.2. The van der Waals surface area contributed by atoms with Gasteiger partial charge in [-0.1, -0.05) is 26.0 Å². The topological polar surface area (TPSA) is 58.4 Å². The van der Waals surface area contributed by atoms with Gasteiger partial charge in [0.05, 0.1) is 4.92 Å². The Morgan fingerprint density at radius 3 is 2.78 bits per heavy atom. The van der Waals surface area contributed by atoms with Crippen LogP contribution in [0.3, 0.4) is 0 Å². The first-order valence-electron chi connectivity index (χ1n) is 8.19. The van der Waals surface area contributed by atoms with Gasteiger partial charge >= 0.3 is 0 Å². The molecule has 0 amide bonds. The van der Waals surface area contributed by atoms with Crippen molar-refractivity contribution in [1.29, 1.82) is 0 Å². The number of nitro groups is 1. The van der Waals surface area contributed by atoms with Crippen LogP contribution < -0.4 is 5.32 Å². The molecule has 1 spiro atoms. The monoisotopic (exact) mass is 339 g/mol. The zero-order chi connectivity index (χ0) is 15.7. The van der Waals surface area contributed by atoms with Crippen LogP contribution >= 0.6 is 12.4 Å². The van der Waals surface area contributed by atoms with Crippen LogP contribution in [0, 0.1) is 15.5 Å². The van der Waals surface area contributed by atoms with Gasteiger partial charge in [0.2, 0.25) is 0 Å². The van der Waals surface area contributed by atoms with E-state index in [9.17, 15) is 10.1 Å². The van der Waals surface area contributed by atoms with Crippen LogP contribution in [-0.4, -0.2) is 36.0 Å². The Morgan fingerprint density at radius 1 is 1.39 bits per heavy atom. The van der Waals surface area contributed by atoms with E-state index in [1.54, 1.807) is 6.07 Å². The number of hydrogen-bond donors (Lipinski definition) is 1. The van der Waals surface area contributed by atoms with Gasteiger partial charge in [-0.3, -0.25) is 15.0 Å². The summed E-state index contributed by atoms with van der Waals surface area (Å²) < 4.78 is 0. The minimum Gasteiger partial charge on any atom is -0.316 e. The quantitative estimate of drug-likeness (QED) is 0.675. The highest BCUT2D eigenvalue weighted by Gasteiger charge is 2.40. The molecular formula is C17H26ClN3O2. The van der Waals surface area contributed by atoms with Gasteiger partial charge in [0.25, 0.3) is 5.69 Å². The highest BCUT2D eigenvalue weighted by molar-refractivity contribution is 5.85. The molecule has 1 unspecified atom stereocenters. The van der Waals surface area contributed by atoms with E-state index in [2.05, 4.69) is 16.3 Å². The standard InChI is InChI=1S/C17H25N3O2.ClH/c1-13(2)15-4-3-14(9-16(15)20(21)22)10-19-8-6-17(12-19)5-7-18-11-17;/h3-4,9,13,18H,5-8,10-12H2,1-2H3;1H. The number of hydrogen-bond acceptors (Lipinski definition) is 4. The molecule has 0 radical (unpaired) electrons. The van der Waals surface area contributed by atoms with Gasteiger partial charge in [-0.25, -0.2) is 0 Å². The van der Waals surface area contributed by atoms with Crippen molar-refractivity contribution in [3.8, 4) is 0 Å². The molecule has 2 saturated heterocycles. The Morgan fingerprint density at radius 2 is 2.17 bits per heavy atom. The van der Waals surface area contributed by atoms with E-state index in [4.69, 9.17) is 0 Å². The van der Waals surface area contributed by atoms with Gasteiger partial charge in [-0.2, -0.15) is 0 Å². The van der Waals surface area contributed by atoms with E-state index in [0.717, 1.165) is 43.9 Å². The average molecular weight is 340 g/mol. The maximum Gasteiger partial charge on any atom is 0.273 e.